The lowest BCUT2D eigenvalue weighted by Crippen LogP contribution is -2.39. The summed E-state index contributed by atoms with van der Waals surface area (Å²) < 4.78 is 7.65. The highest BCUT2D eigenvalue weighted by Crippen LogP contribution is 2.34. The molecule has 0 spiro atoms. The topological polar surface area (TPSA) is 24.5 Å². The van der Waals surface area contributed by atoms with E-state index in [9.17, 15) is 0 Å². The van der Waals surface area contributed by atoms with Crippen molar-refractivity contribution in [3.63, 3.8) is 0 Å². The van der Waals surface area contributed by atoms with Crippen molar-refractivity contribution in [1.82, 2.24) is 10.2 Å². The van der Waals surface area contributed by atoms with Crippen LogP contribution in [0.4, 0.5) is 0 Å². The maximum Gasteiger partial charge on any atom is 0.147 e. The summed E-state index contributed by atoms with van der Waals surface area (Å²) in [5, 5.41) is 3.61. The molecule has 1 aromatic carbocycles. The van der Waals surface area contributed by atoms with Gasteiger partial charge < -0.3 is 15.0 Å². The van der Waals surface area contributed by atoms with Crippen molar-refractivity contribution >= 4 is 31.9 Å². The van der Waals surface area contributed by atoms with E-state index in [2.05, 4.69) is 61.1 Å². The van der Waals surface area contributed by atoms with Crippen molar-refractivity contribution in [3.8, 4) is 5.75 Å². The van der Waals surface area contributed by atoms with Gasteiger partial charge in [-0.15, -0.1) is 0 Å². The third-order valence-corrected chi connectivity index (χ3v) is 5.34. The molecule has 0 aliphatic carbocycles. The molecule has 1 aliphatic rings. The van der Waals surface area contributed by atoms with Crippen molar-refractivity contribution in [1.29, 1.82) is 0 Å². The number of halogens is 2. The molecule has 1 saturated heterocycles. The van der Waals surface area contributed by atoms with E-state index >= 15 is 0 Å². The van der Waals surface area contributed by atoms with Crippen molar-refractivity contribution in [2.45, 2.75) is 33.2 Å². The number of rotatable bonds is 7. The van der Waals surface area contributed by atoms with Gasteiger partial charge in [0.05, 0.1) is 15.6 Å². The summed E-state index contributed by atoms with van der Waals surface area (Å²) in [6.07, 6.45) is 2.68. The zero-order valence-corrected chi connectivity index (χ0v) is 16.7. The molecule has 0 aromatic heterocycles. The van der Waals surface area contributed by atoms with Gasteiger partial charge in [-0.1, -0.05) is 6.92 Å². The Morgan fingerprint density at radius 3 is 2.64 bits per heavy atom. The highest BCUT2D eigenvalue weighted by molar-refractivity contribution is 9.11. The second-order valence-corrected chi connectivity index (χ2v) is 7.56. The molecule has 2 rings (SSSR count). The third-order valence-electron chi connectivity index (χ3n) is 4.16. The fraction of sp³-hybridized carbons (Fsp3) is 0.647. The fourth-order valence-electron chi connectivity index (χ4n) is 3.02. The normalized spacial score (nSPS) is 19.4. The van der Waals surface area contributed by atoms with Crippen molar-refractivity contribution in [2.75, 3.05) is 32.8 Å². The van der Waals surface area contributed by atoms with Crippen LogP contribution in [0.15, 0.2) is 21.1 Å². The maximum atomic E-state index is 5.63. The summed E-state index contributed by atoms with van der Waals surface area (Å²) >= 11 is 7.19. The zero-order valence-electron chi connectivity index (χ0n) is 13.5. The smallest absolute Gasteiger partial charge is 0.147 e. The Bertz CT molecular complexity index is 459. The lowest BCUT2D eigenvalue weighted by molar-refractivity contribution is 0.180. The first-order valence-electron chi connectivity index (χ1n) is 8.17. The molecular weight excluding hydrogens is 408 g/mol. The van der Waals surface area contributed by atoms with E-state index in [4.69, 9.17) is 4.74 Å². The maximum absolute atomic E-state index is 5.63. The number of hydrogen-bond donors (Lipinski definition) is 1. The molecule has 0 amide bonds. The van der Waals surface area contributed by atoms with Crippen LogP contribution in [0.25, 0.3) is 0 Å². The molecule has 1 fully saturated rings. The number of nitrogens with zero attached hydrogens (tertiary/aromatic N) is 1. The van der Waals surface area contributed by atoms with Crippen LogP contribution in [-0.4, -0.2) is 37.7 Å². The van der Waals surface area contributed by atoms with Gasteiger partial charge in [0.25, 0.3) is 0 Å². The fourth-order valence-corrected chi connectivity index (χ4v) is 4.53. The minimum atomic E-state index is 0.671. The Labute approximate surface area is 151 Å². The Morgan fingerprint density at radius 2 is 2.00 bits per heavy atom. The van der Waals surface area contributed by atoms with Crippen molar-refractivity contribution < 1.29 is 4.74 Å². The molecule has 1 heterocycles. The van der Waals surface area contributed by atoms with Gasteiger partial charge in [0.15, 0.2) is 0 Å². The predicted molar refractivity (Wildman–Crippen MR) is 99.6 cm³/mol. The van der Waals surface area contributed by atoms with E-state index in [0.29, 0.717) is 6.61 Å². The van der Waals surface area contributed by atoms with Crippen LogP contribution in [0, 0.1) is 5.92 Å². The molecule has 22 heavy (non-hydrogen) atoms. The van der Waals surface area contributed by atoms with Gasteiger partial charge in [-0.05, 0) is 94.9 Å². The van der Waals surface area contributed by atoms with Crippen LogP contribution in [-0.2, 0) is 6.54 Å². The average Bonchev–Trinajstić information content (AvgIpc) is 2.51. The molecule has 0 radical (unpaired) electrons. The van der Waals surface area contributed by atoms with Gasteiger partial charge in [0, 0.05) is 13.1 Å². The lowest BCUT2D eigenvalue weighted by Gasteiger charge is -2.32. The van der Waals surface area contributed by atoms with E-state index in [1.54, 1.807) is 0 Å². The molecule has 1 N–H and O–H groups in total. The number of ether oxygens (including phenoxy) is 1. The molecule has 1 aliphatic heterocycles. The standard InChI is InChI=1S/C17H26Br2N2O/c1-3-21-7-5-6-13(12-21)10-20-11-14-8-15(18)17(22-4-2)16(19)9-14/h8-9,13,20H,3-7,10-12H2,1-2H3. The lowest BCUT2D eigenvalue weighted by atomic mass is 9.98. The first kappa shape index (κ1) is 18.2. The van der Waals surface area contributed by atoms with E-state index in [1.165, 1.54) is 38.0 Å². The molecular formula is C17H26Br2N2O. The Balaban J connectivity index is 1.84. The molecule has 5 heteroatoms. The van der Waals surface area contributed by atoms with E-state index in [0.717, 1.165) is 33.7 Å². The monoisotopic (exact) mass is 432 g/mol. The predicted octanol–water partition coefficient (Wildman–Crippen LogP) is 4.43. The van der Waals surface area contributed by atoms with Gasteiger partial charge in [0.2, 0.25) is 0 Å². The van der Waals surface area contributed by atoms with Crippen LogP contribution < -0.4 is 10.1 Å². The van der Waals surface area contributed by atoms with E-state index in [-0.39, 0.29) is 0 Å². The summed E-state index contributed by atoms with van der Waals surface area (Å²) in [6.45, 7) is 10.6. The molecule has 1 atom stereocenters. The number of likely N-dealkylation sites (tertiary alicyclic amines) is 1. The minimum Gasteiger partial charge on any atom is -0.492 e. The number of hydrogen-bond acceptors (Lipinski definition) is 3. The summed E-state index contributed by atoms with van der Waals surface area (Å²) in [6, 6.07) is 4.28. The van der Waals surface area contributed by atoms with Crippen LogP contribution in [0.1, 0.15) is 32.3 Å². The van der Waals surface area contributed by atoms with Crippen molar-refractivity contribution in [2.24, 2.45) is 5.92 Å². The highest BCUT2D eigenvalue weighted by atomic mass is 79.9. The molecule has 0 bridgehead atoms. The molecule has 1 unspecified atom stereocenters. The first-order chi connectivity index (χ1) is 10.6. The van der Waals surface area contributed by atoms with E-state index < -0.39 is 0 Å². The highest BCUT2D eigenvalue weighted by Gasteiger charge is 2.18. The minimum absolute atomic E-state index is 0.671. The molecule has 124 valence electrons. The quantitative estimate of drug-likeness (QED) is 0.688. The summed E-state index contributed by atoms with van der Waals surface area (Å²) in [5.41, 5.74) is 1.27. The van der Waals surface area contributed by atoms with Crippen LogP contribution in [0.5, 0.6) is 5.75 Å². The number of benzene rings is 1. The van der Waals surface area contributed by atoms with Crippen molar-refractivity contribution in [3.05, 3.63) is 26.6 Å². The van der Waals surface area contributed by atoms with Gasteiger partial charge >= 0.3 is 0 Å². The average molecular weight is 434 g/mol. The van der Waals surface area contributed by atoms with Gasteiger partial charge in [0.1, 0.15) is 5.75 Å². The zero-order chi connectivity index (χ0) is 15.9. The summed E-state index contributed by atoms with van der Waals surface area (Å²) in [4.78, 5) is 2.56. The molecule has 0 saturated carbocycles. The summed E-state index contributed by atoms with van der Waals surface area (Å²) in [5.74, 6) is 1.67. The van der Waals surface area contributed by atoms with E-state index in [1.807, 2.05) is 6.92 Å². The SMILES string of the molecule is CCOc1c(Br)cc(CNCC2CCCN(CC)C2)cc1Br. The second-order valence-electron chi connectivity index (χ2n) is 5.85. The molecule has 3 nitrogen and oxygen atoms in total. The first-order valence-corrected chi connectivity index (χ1v) is 9.76. The number of nitrogens with one attached hydrogen (secondary N) is 1. The Hall–Kier alpha value is -0.100. The molecule has 1 aromatic rings. The Morgan fingerprint density at radius 1 is 1.27 bits per heavy atom. The second kappa shape index (κ2) is 9.26. The van der Waals surface area contributed by atoms with Gasteiger partial charge in [-0.25, -0.2) is 0 Å². The Kier molecular flexibility index (Phi) is 7.68. The van der Waals surface area contributed by atoms with Crippen LogP contribution in [0.3, 0.4) is 0 Å². The van der Waals surface area contributed by atoms with Gasteiger partial charge in [-0.3, -0.25) is 0 Å². The van der Waals surface area contributed by atoms with Crippen LogP contribution >= 0.6 is 31.9 Å². The summed E-state index contributed by atoms with van der Waals surface area (Å²) in [7, 11) is 0. The van der Waals surface area contributed by atoms with Crippen LogP contribution in [0.2, 0.25) is 0 Å². The third kappa shape index (κ3) is 5.22. The largest absolute Gasteiger partial charge is 0.492 e. The number of piperidine rings is 1. The van der Waals surface area contributed by atoms with Gasteiger partial charge in [-0.2, -0.15) is 0 Å².